The molecular weight excluding hydrogens is 410 g/mol. The summed E-state index contributed by atoms with van der Waals surface area (Å²) in [5.41, 5.74) is 2.79. The topological polar surface area (TPSA) is 47.6 Å². The van der Waals surface area contributed by atoms with Gasteiger partial charge in [-0.25, -0.2) is 0 Å². The summed E-state index contributed by atoms with van der Waals surface area (Å²) < 4.78 is 11.5. The van der Waals surface area contributed by atoms with Crippen molar-refractivity contribution in [2.75, 3.05) is 13.2 Å². The van der Waals surface area contributed by atoms with Crippen LogP contribution in [-0.4, -0.2) is 19.1 Å². The lowest BCUT2D eigenvalue weighted by atomic mass is 9.87. The maximum atomic E-state index is 12.4. The van der Waals surface area contributed by atoms with Crippen molar-refractivity contribution in [2.24, 2.45) is 0 Å². The number of benzene rings is 3. The highest BCUT2D eigenvalue weighted by molar-refractivity contribution is 6.31. The minimum Gasteiger partial charge on any atom is -0.492 e. The molecule has 31 heavy (non-hydrogen) atoms. The summed E-state index contributed by atoms with van der Waals surface area (Å²) in [6.07, 6.45) is 0. The number of ether oxygens (including phenoxy) is 2. The Balaban J connectivity index is 1.46. The highest BCUT2D eigenvalue weighted by atomic mass is 35.5. The summed E-state index contributed by atoms with van der Waals surface area (Å²) in [7, 11) is 0. The fraction of sp³-hybridized carbons (Fsp3) is 0.269. The van der Waals surface area contributed by atoms with Crippen LogP contribution < -0.4 is 14.8 Å². The predicted octanol–water partition coefficient (Wildman–Crippen LogP) is 6.03. The lowest BCUT2D eigenvalue weighted by molar-refractivity contribution is 0.0946. The van der Waals surface area contributed by atoms with E-state index >= 15 is 0 Å². The molecule has 3 rings (SSSR count). The Morgan fingerprint density at radius 1 is 0.903 bits per heavy atom. The number of carbonyl (C=O) groups is 1. The van der Waals surface area contributed by atoms with Gasteiger partial charge in [0.05, 0.1) is 6.54 Å². The van der Waals surface area contributed by atoms with Crippen molar-refractivity contribution in [3.05, 3.63) is 94.5 Å². The molecule has 0 saturated carbocycles. The van der Waals surface area contributed by atoms with E-state index in [-0.39, 0.29) is 11.3 Å². The first-order chi connectivity index (χ1) is 14.8. The first kappa shape index (κ1) is 22.7. The second kappa shape index (κ2) is 10.4. The summed E-state index contributed by atoms with van der Waals surface area (Å²) >= 11 is 6.16. The van der Waals surface area contributed by atoms with Crippen molar-refractivity contribution in [3.8, 4) is 11.5 Å². The molecule has 0 fully saturated rings. The highest BCUT2D eigenvalue weighted by Gasteiger charge is 2.13. The van der Waals surface area contributed by atoms with Crippen molar-refractivity contribution in [1.82, 2.24) is 5.32 Å². The van der Waals surface area contributed by atoms with E-state index in [1.54, 1.807) is 18.2 Å². The molecule has 0 aliphatic heterocycles. The van der Waals surface area contributed by atoms with E-state index in [0.717, 1.165) is 11.3 Å². The minimum atomic E-state index is -0.171. The third kappa shape index (κ3) is 6.76. The van der Waals surface area contributed by atoms with E-state index in [1.807, 2.05) is 42.5 Å². The van der Waals surface area contributed by atoms with Crippen molar-refractivity contribution in [1.29, 1.82) is 0 Å². The molecule has 3 aromatic rings. The first-order valence-corrected chi connectivity index (χ1v) is 10.7. The van der Waals surface area contributed by atoms with Crippen LogP contribution in [0.1, 0.15) is 42.3 Å². The maximum absolute atomic E-state index is 12.4. The van der Waals surface area contributed by atoms with E-state index in [2.05, 4.69) is 38.2 Å². The van der Waals surface area contributed by atoms with Crippen LogP contribution in [0.2, 0.25) is 5.02 Å². The molecule has 0 spiro atoms. The molecule has 0 aromatic heterocycles. The van der Waals surface area contributed by atoms with Crippen LogP contribution in [0.25, 0.3) is 0 Å². The van der Waals surface area contributed by atoms with Crippen LogP contribution in [0.15, 0.2) is 72.8 Å². The number of rotatable bonds is 8. The van der Waals surface area contributed by atoms with Crippen LogP contribution in [0, 0.1) is 0 Å². The molecule has 0 bridgehead atoms. The normalized spacial score (nSPS) is 11.1. The number of carbonyl (C=O) groups excluding carboxylic acids is 1. The molecule has 4 nitrogen and oxygen atoms in total. The summed E-state index contributed by atoms with van der Waals surface area (Å²) in [5.74, 6) is 1.23. The largest absolute Gasteiger partial charge is 0.492 e. The van der Waals surface area contributed by atoms with Crippen LogP contribution in [0.3, 0.4) is 0 Å². The number of nitrogens with one attached hydrogen (secondary N) is 1. The third-order valence-electron chi connectivity index (χ3n) is 4.83. The Hall–Kier alpha value is -2.98. The van der Waals surface area contributed by atoms with Gasteiger partial charge in [0.1, 0.15) is 24.7 Å². The van der Waals surface area contributed by atoms with E-state index in [9.17, 15) is 4.79 Å². The van der Waals surface area contributed by atoms with Crippen LogP contribution in [0.4, 0.5) is 0 Å². The van der Waals surface area contributed by atoms with Gasteiger partial charge in [-0.3, -0.25) is 4.79 Å². The SMILES string of the molecule is CC(C)(C)c1ccc(OCCNC(=O)c2cccc(OCc3ccccc3Cl)c2)cc1. The monoisotopic (exact) mass is 437 g/mol. The highest BCUT2D eigenvalue weighted by Crippen LogP contribution is 2.24. The molecule has 0 radical (unpaired) electrons. The molecular formula is C26H28ClNO3. The van der Waals surface area contributed by atoms with Gasteiger partial charge in [0, 0.05) is 16.1 Å². The van der Waals surface area contributed by atoms with Gasteiger partial charge < -0.3 is 14.8 Å². The van der Waals surface area contributed by atoms with Crippen molar-refractivity contribution in [3.63, 3.8) is 0 Å². The minimum absolute atomic E-state index is 0.109. The van der Waals surface area contributed by atoms with Gasteiger partial charge in [-0.1, -0.05) is 68.8 Å². The Morgan fingerprint density at radius 3 is 2.35 bits per heavy atom. The summed E-state index contributed by atoms with van der Waals surface area (Å²) in [6, 6.07) is 22.7. The lowest BCUT2D eigenvalue weighted by Gasteiger charge is -2.19. The molecule has 3 aromatic carbocycles. The van der Waals surface area contributed by atoms with Gasteiger partial charge >= 0.3 is 0 Å². The van der Waals surface area contributed by atoms with Gasteiger partial charge in [-0.2, -0.15) is 0 Å². The fourth-order valence-corrected chi connectivity index (χ4v) is 3.18. The average Bonchev–Trinajstić information content (AvgIpc) is 2.76. The summed E-state index contributed by atoms with van der Waals surface area (Å²) in [5, 5.41) is 3.53. The van der Waals surface area contributed by atoms with E-state index in [0.29, 0.717) is 36.1 Å². The van der Waals surface area contributed by atoms with E-state index < -0.39 is 0 Å². The second-order valence-corrected chi connectivity index (χ2v) is 8.69. The summed E-state index contributed by atoms with van der Waals surface area (Å²) in [6.45, 7) is 7.67. The standard InChI is InChI=1S/C26H28ClNO3/c1-26(2,3)21-11-13-22(14-12-21)30-16-15-28-25(29)19-8-6-9-23(17-19)31-18-20-7-4-5-10-24(20)27/h4-14,17H,15-16,18H2,1-3H3,(H,28,29). The van der Waals surface area contributed by atoms with Crippen LogP contribution in [-0.2, 0) is 12.0 Å². The first-order valence-electron chi connectivity index (χ1n) is 10.3. The van der Waals surface area contributed by atoms with E-state index in [1.165, 1.54) is 5.56 Å². The van der Waals surface area contributed by atoms with Gasteiger partial charge in [-0.05, 0) is 47.4 Å². The Kier molecular flexibility index (Phi) is 7.59. The van der Waals surface area contributed by atoms with Crippen molar-refractivity contribution < 1.29 is 14.3 Å². The molecule has 5 heteroatoms. The average molecular weight is 438 g/mol. The van der Waals surface area contributed by atoms with Gasteiger partial charge in [-0.15, -0.1) is 0 Å². The van der Waals surface area contributed by atoms with Gasteiger partial charge in [0.25, 0.3) is 5.91 Å². The zero-order valence-electron chi connectivity index (χ0n) is 18.2. The summed E-state index contributed by atoms with van der Waals surface area (Å²) in [4.78, 5) is 12.4. The molecule has 1 N–H and O–H groups in total. The molecule has 0 aliphatic carbocycles. The Labute approximate surface area is 189 Å². The Morgan fingerprint density at radius 2 is 1.65 bits per heavy atom. The number of amides is 1. The van der Waals surface area contributed by atoms with Crippen molar-refractivity contribution in [2.45, 2.75) is 32.8 Å². The molecule has 162 valence electrons. The molecule has 0 aliphatic rings. The fourth-order valence-electron chi connectivity index (χ4n) is 2.99. The molecule has 0 heterocycles. The lowest BCUT2D eigenvalue weighted by Crippen LogP contribution is -2.28. The Bertz CT molecular complexity index is 1010. The number of halogens is 1. The third-order valence-corrected chi connectivity index (χ3v) is 5.19. The molecule has 0 unspecified atom stereocenters. The smallest absolute Gasteiger partial charge is 0.251 e. The van der Waals surface area contributed by atoms with Crippen LogP contribution >= 0.6 is 11.6 Å². The predicted molar refractivity (Wildman–Crippen MR) is 125 cm³/mol. The van der Waals surface area contributed by atoms with Gasteiger partial charge in [0.2, 0.25) is 0 Å². The molecule has 1 amide bonds. The maximum Gasteiger partial charge on any atom is 0.251 e. The van der Waals surface area contributed by atoms with Crippen molar-refractivity contribution >= 4 is 17.5 Å². The molecule has 0 atom stereocenters. The van der Waals surface area contributed by atoms with Gasteiger partial charge in [0.15, 0.2) is 0 Å². The zero-order chi connectivity index (χ0) is 22.3. The molecule has 0 saturated heterocycles. The second-order valence-electron chi connectivity index (χ2n) is 8.29. The quantitative estimate of drug-likeness (QED) is 0.438. The van der Waals surface area contributed by atoms with Crippen LogP contribution in [0.5, 0.6) is 11.5 Å². The van der Waals surface area contributed by atoms with E-state index in [4.69, 9.17) is 21.1 Å². The number of hydrogen-bond acceptors (Lipinski definition) is 3. The zero-order valence-corrected chi connectivity index (χ0v) is 18.9. The number of hydrogen-bond donors (Lipinski definition) is 1.